The highest BCUT2D eigenvalue weighted by molar-refractivity contribution is 7.88. The lowest BCUT2D eigenvalue weighted by molar-refractivity contribution is 0.177. The van der Waals surface area contributed by atoms with Crippen molar-refractivity contribution in [2.45, 2.75) is 19.2 Å². The fourth-order valence-corrected chi connectivity index (χ4v) is 4.41. The van der Waals surface area contributed by atoms with Gasteiger partial charge >= 0.3 is 0 Å². The van der Waals surface area contributed by atoms with Gasteiger partial charge in [-0.15, -0.1) is 0 Å². The van der Waals surface area contributed by atoms with Crippen LogP contribution in [0, 0.1) is 6.92 Å². The predicted molar refractivity (Wildman–Crippen MR) is 92.2 cm³/mol. The molecule has 0 atom stereocenters. The molecule has 0 saturated carbocycles. The van der Waals surface area contributed by atoms with Crippen LogP contribution >= 0.6 is 11.6 Å². The molecular weight excluding hydrogens is 350 g/mol. The van der Waals surface area contributed by atoms with Crippen LogP contribution in [-0.4, -0.2) is 49.0 Å². The summed E-state index contributed by atoms with van der Waals surface area (Å²) < 4.78 is 31.7. The van der Waals surface area contributed by atoms with Crippen LogP contribution in [-0.2, 0) is 22.3 Å². The first-order valence-electron chi connectivity index (χ1n) is 7.79. The maximum atomic E-state index is 12.6. The number of benzene rings is 1. The third-order valence-electron chi connectivity index (χ3n) is 4.05. The fourth-order valence-electron chi connectivity index (χ4n) is 2.77. The number of rotatable bonds is 5. The van der Waals surface area contributed by atoms with E-state index in [1.807, 2.05) is 13.0 Å². The van der Waals surface area contributed by atoms with Crippen molar-refractivity contribution in [3.63, 3.8) is 0 Å². The average molecular weight is 370 g/mol. The summed E-state index contributed by atoms with van der Waals surface area (Å²) in [5.74, 6) is 0.793. The molecule has 3 rings (SSSR count). The van der Waals surface area contributed by atoms with E-state index in [9.17, 15) is 8.42 Å². The largest absolute Gasteiger partial charge is 0.361 e. The maximum absolute atomic E-state index is 12.6. The van der Waals surface area contributed by atoms with Gasteiger partial charge in [-0.05, 0) is 24.6 Å². The Hall–Kier alpha value is -1.41. The summed E-state index contributed by atoms with van der Waals surface area (Å²) in [6, 6.07) is 8.84. The first-order valence-corrected chi connectivity index (χ1v) is 9.78. The minimum Gasteiger partial charge on any atom is -0.361 e. The maximum Gasteiger partial charge on any atom is 0.218 e. The van der Waals surface area contributed by atoms with Crippen molar-refractivity contribution in [3.05, 3.63) is 52.4 Å². The summed E-state index contributed by atoms with van der Waals surface area (Å²) in [6.07, 6.45) is 0. The van der Waals surface area contributed by atoms with Crippen LogP contribution in [0.3, 0.4) is 0 Å². The van der Waals surface area contributed by atoms with Crippen LogP contribution in [0.15, 0.2) is 34.9 Å². The summed E-state index contributed by atoms with van der Waals surface area (Å²) in [4.78, 5) is 2.19. The number of aromatic nitrogens is 1. The van der Waals surface area contributed by atoms with Crippen molar-refractivity contribution >= 4 is 21.6 Å². The van der Waals surface area contributed by atoms with Crippen LogP contribution in [0.2, 0.25) is 5.02 Å². The zero-order valence-electron chi connectivity index (χ0n) is 13.5. The lowest BCUT2D eigenvalue weighted by Gasteiger charge is -2.33. The van der Waals surface area contributed by atoms with E-state index in [-0.39, 0.29) is 5.75 Å². The zero-order chi connectivity index (χ0) is 17.2. The second-order valence-corrected chi connectivity index (χ2v) is 8.39. The second kappa shape index (κ2) is 7.23. The molecule has 2 aromatic rings. The van der Waals surface area contributed by atoms with Gasteiger partial charge in [0.15, 0.2) is 0 Å². The van der Waals surface area contributed by atoms with E-state index < -0.39 is 10.0 Å². The number of sulfonamides is 1. The number of nitrogens with zero attached hydrogens (tertiary/aromatic N) is 3. The summed E-state index contributed by atoms with van der Waals surface area (Å²) in [7, 11) is -3.31. The van der Waals surface area contributed by atoms with Gasteiger partial charge in [0, 0.05) is 43.8 Å². The number of hydrogen-bond donors (Lipinski definition) is 0. The minimum atomic E-state index is -3.31. The van der Waals surface area contributed by atoms with E-state index in [0.717, 1.165) is 17.0 Å². The Balaban J connectivity index is 1.56. The molecule has 1 aliphatic rings. The second-order valence-electron chi connectivity index (χ2n) is 5.99. The summed E-state index contributed by atoms with van der Waals surface area (Å²) >= 11 is 5.84. The third-order valence-corrected chi connectivity index (χ3v) is 6.15. The van der Waals surface area contributed by atoms with Gasteiger partial charge in [0.05, 0.1) is 11.4 Å². The molecule has 8 heteroatoms. The molecule has 1 saturated heterocycles. The molecule has 6 nitrogen and oxygen atoms in total. The van der Waals surface area contributed by atoms with Crippen LogP contribution in [0.5, 0.6) is 0 Å². The molecule has 0 amide bonds. The topological polar surface area (TPSA) is 66.7 Å². The van der Waals surface area contributed by atoms with Crippen LogP contribution in [0.1, 0.15) is 17.0 Å². The van der Waals surface area contributed by atoms with E-state index in [1.54, 1.807) is 28.6 Å². The lowest BCUT2D eigenvalue weighted by Crippen LogP contribution is -2.48. The van der Waals surface area contributed by atoms with Gasteiger partial charge in [-0.3, -0.25) is 4.90 Å². The van der Waals surface area contributed by atoms with Crippen molar-refractivity contribution in [2.24, 2.45) is 0 Å². The van der Waals surface area contributed by atoms with Crippen molar-refractivity contribution in [1.29, 1.82) is 0 Å². The van der Waals surface area contributed by atoms with Gasteiger partial charge in [0.1, 0.15) is 5.76 Å². The number of hydrogen-bond acceptors (Lipinski definition) is 5. The molecule has 0 aliphatic carbocycles. The minimum absolute atomic E-state index is 0.00660. The first-order chi connectivity index (χ1) is 11.4. The summed E-state index contributed by atoms with van der Waals surface area (Å²) in [6.45, 7) is 4.90. The molecule has 24 heavy (non-hydrogen) atoms. The monoisotopic (exact) mass is 369 g/mol. The van der Waals surface area contributed by atoms with Crippen molar-refractivity contribution in [2.75, 3.05) is 26.2 Å². The molecule has 0 N–H and O–H groups in total. The lowest BCUT2D eigenvalue weighted by atomic mass is 10.2. The van der Waals surface area contributed by atoms with E-state index in [1.165, 1.54) is 0 Å². The Kier molecular flexibility index (Phi) is 5.24. The van der Waals surface area contributed by atoms with E-state index in [2.05, 4.69) is 10.1 Å². The van der Waals surface area contributed by atoms with Gasteiger partial charge in [-0.2, -0.15) is 4.31 Å². The summed E-state index contributed by atoms with van der Waals surface area (Å²) in [5, 5.41) is 4.59. The number of aryl methyl sites for hydroxylation is 1. The fraction of sp³-hybridized carbons (Fsp3) is 0.438. The van der Waals surface area contributed by atoms with Crippen molar-refractivity contribution in [3.8, 4) is 0 Å². The predicted octanol–water partition coefficient (Wildman–Crippen LogP) is 2.28. The molecule has 0 spiro atoms. The molecule has 1 aromatic heterocycles. The van der Waals surface area contributed by atoms with Gasteiger partial charge in [-0.25, -0.2) is 8.42 Å². The smallest absolute Gasteiger partial charge is 0.218 e. The highest BCUT2D eigenvalue weighted by atomic mass is 35.5. The zero-order valence-corrected chi connectivity index (χ0v) is 15.1. The van der Waals surface area contributed by atoms with Crippen LogP contribution in [0.25, 0.3) is 0 Å². The standard InChI is InChI=1S/C16H20ClN3O3S/c1-13-10-16(18-23-13)11-19-6-8-20(9-7-19)24(21,22)12-14-2-4-15(17)5-3-14/h2-5,10H,6-9,11-12H2,1H3. The number of halogens is 1. The molecule has 0 unspecified atom stereocenters. The first kappa shape index (κ1) is 17.4. The molecule has 1 aliphatic heterocycles. The molecule has 1 fully saturated rings. The third kappa shape index (κ3) is 4.36. The molecule has 130 valence electrons. The molecule has 0 bridgehead atoms. The SMILES string of the molecule is Cc1cc(CN2CCN(S(=O)(=O)Cc3ccc(Cl)cc3)CC2)no1. The normalized spacial score (nSPS) is 17.2. The van der Waals surface area contributed by atoms with Gasteiger partial charge in [0.2, 0.25) is 10.0 Å². The molecule has 0 radical (unpaired) electrons. The van der Waals surface area contributed by atoms with Crippen molar-refractivity contribution in [1.82, 2.24) is 14.4 Å². The van der Waals surface area contributed by atoms with Crippen molar-refractivity contribution < 1.29 is 12.9 Å². The highest BCUT2D eigenvalue weighted by Gasteiger charge is 2.27. The van der Waals surface area contributed by atoms with Gasteiger partial charge in [0.25, 0.3) is 0 Å². The molecule has 1 aromatic carbocycles. The Labute approximate surface area is 147 Å². The van der Waals surface area contributed by atoms with Gasteiger partial charge in [-0.1, -0.05) is 28.9 Å². The van der Waals surface area contributed by atoms with Crippen LogP contribution < -0.4 is 0 Å². The molecular formula is C16H20ClN3O3S. The number of piperazine rings is 1. The van der Waals surface area contributed by atoms with E-state index in [0.29, 0.717) is 37.7 Å². The Bertz CT molecular complexity index is 781. The van der Waals surface area contributed by atoms with E-state index >= 15 is 0 Å². The quantitative estimate of drug-likeness (QED) is 0.808. The average Bonchev–Trinajstić information content (AvgIpc) is 2.95. The summed E-state index contributed by atoms with van der Waals surface area (Å²) in [5.41, 5.74) is 1.63. The van der Waals surface area contributed by atoms with Crippen LogP contribution in [0.4, 0.5) is 0 Å². The Morgan fingerprint density at radius 1 is 1.17 bits per heavy atom. The molecule has 2 heterocycles. The van der Waals surface area contributed by atoms with E-state index in [4.69, 9.17) is 16.1 Å². The Morgan fingerprint density at radius 3 is 2.42 bits per heavy atom. The van der Waals surface area contributed by atoms with Gasteiger partial charge < -0.3 is 4.52 Å². The Morgan fingerprint density at radius 2 is 1.83 bits per heavy atom. The highest BCUT2D eigenvalue weighted by Crippen LogP contribution is 2.17.